The number of anilines is 1. The van der Waals surface area contributed by atoms with Crippen molar-refractivity contribution in [2.75, 3.05) is 18.0 Å². The van der Waals surface area contributed by atoms with Gasteiger partial charge in [0.2, 0.25) is 0 Å². The normalized spacial score (nSPS) is 24.1. The number of pyridine rings is 1. The first-order chi connectivity index (χ1) is 8.87. The SMILES string of the molecule is Cc1cc(C(N)=S)cc(N2CCCC(C)(O)CC2)n1. The molecule has 1 fully saturated rings. The molecule has 1 aliphatic rings. The van der Waals surface area contributed by atoms with Crippen molar-refractivity contribution in [1.29, 1.82) is 0 Å². The Labute approximate surface area is 119 Å². The molecule has 0 spiro atoms. The van der Waals surface area contributed by atoms with E-state index in [4.69, 9.17) is 18.0 Å². The topological polar surface area (TPSA) is 62.4 Å². The van der Waals surface area contributed by atoms with Crippen molar-refractivity contribution in [2.24, 2.45) is 5.73 Å². The zero-order valence-corrected chi connectivity index (χ0v) is 12.3. The Hall–Kier alpha value is -1.20. The van der Waals surface area contributed by atoms with Crippen molar-refractivity contribution in [3.8, 4) is 0 Å². The summed E-state index contributed by atoms with van der Waals surface area (Å²) in [6, 6.07) is 3.84. The molecular weight excluding hydrogens is 258 g/mol. The van der Waals surface area contributed by atoms with Crippen LogP contribution in [0.2, 0.25) is 0 Å². The molecule has 2 heterocycles. The average molecular weight is 279 g/mol. The van der Waals surface area contributed by atoms with Crippen LogP contribution in [0.1, 0.15) is 37.4 Å². The summed E-state index contributed by atoms with van der Waals surface area (Å²) < 4.78 is 0. The number of nitrogens with zero attached hydrogens (tertiary/aromatic N) is 2. The Morgan fingerprint density at radius 2 is 2.16 bits per heavy atom. The fraction of sp³-hybridized carbons (Fsp3) is 0.571. The molecule has 1 aliphatic heterocycles. The molecule has 1 unspecified atom stereocenters. The van der Waals surface area contributed by atoms with Crippen LogP contribution >= 0.6 is 12.2 Å². The highest BCUT2D eigenvalue weighted by Gasteiger charge is 2.25. The van der Waals surface area contributed by atoms with Crippen LogP contribution in [0, 0.1) is 6.92 Å². The Morgan fingerprint density at radius 1 is 1.42 bits per heavy atom. The summed E-state index contributed by atoms with van der Waals surface area (Å²) in [5.74, 6) is 0.903. The van der Waals surface area contributed by atoms with Crippen molar-refractivity contribution < 1.29 is 5.11 Å². The predicted octanol–water partition coefficient (Wildman–Crippen LogP) is 1.77. The molecule has 1 aromatic rings. The summed E-state index contributed by atoms with van der Waals surface area (Å²) in [4.78, 5) is 7.16. The minimum absolute atomic E-state index is 0.397. The summed E-state index contributed by atoms with van der Waals surface area (Å²) >= 11 is 5.04. The molecule has 4 nitrogen and oxygen atoms in total. The lowest BCUT2D eigenvalue weighted by Gasteiger charge is -2.24. The quantitative estimate of drug-likeness (QED) is 0.808. The molecule has 104 valence electrons. The molecular formula is C14H21N3OS. The van der Waals surface area contributed by atoms with Gasteiger partial charge in [-0.1, -0.05) is 12.2 Å². The number of rotatable bonds is 2. The van der Waals surface area contributed by atoms with E-state index < -0.39 is 5.60 Å². The van der Waals surface area contributed by atoms with E-state index >= 15 is 0 Å². The monoisotopic (exact) mass is 279 g/mol. The summed E-state index contributed by atoms with van der Waals surface area (Å²) in [6.07, 6.45) is 2.55. The molecule has 1 atom stereocenters. The Bertz CT molecular complexity index is 488. The first-order valence-corrected chi connectivity index (χ1v) is 7.04. The maximum atomic E-state index is 10.1. The van der Waals surface area contributed by atoms with Gasteiger partial charge in [0.25, 0.3) is 0 Å². The van der Waals surface area contributed by atoms with E-state index in [1.165, 1.54) is 0 Å². The van der Waals surface area contributed by atoms with Gasteiger partial charge in [-0.05, 0) is 45.2 Å². The molecule has 3 N–H and O–H groups in total. The van der Waals surface area contributed by atoms with E-state index in [1.54, 1.807) is 0 Å². The lowest BCUT2D eigenvalue weighted by molar-refractivity contribution is 0.0481. The second-order valence-electron chi connectivity index (χ2n) is 5.56. The van der Waals surface area contributed by atoms with E-state index in [2.05, 4.69) is 9.88 Å². The molecule has 19 heavy (non-hydrogen) atoms. The van der Waals surface area contributed by atoms with E-state index in [1.807, 2.05) is 26.0 Å². The molecule has 1 saturated heterocycles. The highest BCUT2D eigenvalue weighted by Crippen LogP contribution is 2.25. The van der Waals surface area contributed by atoms with Gasteiger partial charge in [0.15, 0.2) is 0 Å². The Kier molecular flexibility index (Phi) is 4.06. The molecule has 0 aromatic carbocycles. The number of thiocarbonyl (C=S) groups is 1. The number of aromatic nitrogens is 1. The first kappa shape index (κ1) is 14.2. The molecule has 0 bridgehead atoms. The van der Waals surface area contributed by atoms with Crippen molar-refractivity contribution >= 4 is 23.0 Å². The zero-order chi connectivity index (χ0) is 14.0. The third-order valence-electron chi connectivity index (χ3n) is 3.61. The second kappa shape index (κ2) is 5.43. The van der Waals surface area contributed by atoms with E-state index in [0.717, 1.165) is 49.4 Å². The van der Waals surface area contributed by atoms with Gasteiger partial charge in [0.1, 0.15) is 10.8 Å². The van der Waals surface area contributed by atoms with Gasteiger partial charge in [-0.2, -0.15) is 0 Å². The van der Waals surface area contributed by atoms with Gasteiger partial charge in [-0.15, -0.1) is 0 Å². The average Bonchev–Trinajstić information content (AvgIpc) is 2.49. The van der Waals surface area contributed by atoms with Crippen LogP contribution in [-0.4, -0.2) is 33.8 Å². The number of aliphatic hydroxyl groups is 1. The molecule has 1 aromatic heterocycles. The van der Waals surface area contributed by atoms with Gasteiger partial charge >= 0.3 is 0 Å². The molecule has 0 amide bonds. The molecule has 0 radical (unpaired) electrons. The summed E-state index contributed by atoms with van der Waals surface area (Å²) in [7, 11) is 0. The zero-order valence-electron chi connectivity index (χ0n) is 11.5. The Balaban J connectivity index is 2.24. The molecule has 0 saturated carbocycles. The number of hydrogen-bond acceptors (Lipinski definition) is 4. The van der Waals surface area contributed by atoms with Crippen LogP contribution in [0.25, 0.3) is 0 Å². The van der Waals surface area contributed by atoms with E-state index in [9.17, 15) is 5.11 Å². The smallest absolute Gasteiger partial charge is 0.129 e. The van der Waals surface area contributed by atoms with Gasteiger partial charge < -0.3 is 15.7 Å². The first-order valence-electron chi connectivity index (χ1n) is 6.63. The highest BCUT2D eigenvalue weighted by atomic mass is 32.1. The predicted molar refractivity (Wildman–Crippen MR) is 81.5 cm³/mol. The van der Waals surface area contributed by atoms with Crippen molar-refractivity contribution in [1.82, 2.24) is 4.98 Å². The molecule has 5 heteroatoms. The Morgan fingerprint density at radius 3 is 2.84 bits per heavy atom. The van der Waals surface area contributed by atoms with Crippen molar-refractivity contribution in [2.45, 2.75) is 38.7 Å². The van der Waals surface area contributed by atoms with Crippen LogP contribution in [-0.2, 0) is 0 Å². The number of aryl methyl sites for hydroxylation is 1. The minimum Gasteiger partial charge on any atom is -0.390 e. The lowest BCUT2D eigenvalue weighted by atomic mass is 9.98. The van der Waals surface area contributed by atoms with Gasteiger partial charge in [-0.25, -0.2) is 4.98 Å². The summed E-state index contributed by atoms with van der Waals surface area (Å²) in [5, 5.41) is 10.1. The molecule has 0 aliphatic carbocycles. The largest absolute Gasteiger partial charge is 0.390 e. The van der Waals surface area contributed by atoms with Crippen LogP contribution in [0.15, 0.2) is 12.1 Å². The lowest BCUT2D eigenvalue weighted by Crippen LogP contribution is -2.29. The van der Waals surface area contributed by atoms with Crippen molar-refractivity contribution in [3.63, 3.8) is 0 Å². The molecule has 2 rings (SSSR count). The van der Waals surface area contributed by atoms with E-state index in [0.29, 0.717) is 4.99 Å². The van der Waals surface area contributed by atoms with Gasteiger partial charge in [0, 0.05) is 24.3 Å². The van der Waals surface area contributed by atoms with Crippen LogP contribution in [0.5, 0.6) is 0 Å². The second-order valence-corrected chi connectivity index (χ2v) is 6.00. The minimum atomic E-state index is -0.565. The fourth-order valence-corrected chi connectivity index (χ4v) is 2.57. The number of hydrogen-bond donors (Lipinski definition) is 2. The third-order valence-corrected chi connectivity index (χ3v) is 3.85. The summed E-state index contributed by atoms with van der Waals surface area (Å²) in [5.41, 5.74) is 6.90. The maximum Gasteiger partial charge on any atom is 0.129 e. The van der Waals surface area contributed by atoms with Crippen LogP contribution in [0.3, 0.4) is 0 Å². The third kappa shape index (κ3) is 3.64. The van der Waals surface area contributed by atoms with E-state index in [-0.39, 0.29) is 0 Å². The number of nitrogens with two attached hydrogens (primary N) is 1. The fourth-order valence-electron chi connectivity index (χ4n) is 2.45. The van der Waals surface area contributed by atoms with Crippen molar-refractivity contribution in [3.05, 3.63) is 23.4 Å². The van der Waals surface area contributed by atoms with Gasteiger partial charge in [0.05, 0.1) is 5.60 Å². The summed E-state index contributed by atoms with van der Waals surface area (Å²) in [6.45, 7) is 5.56. The maximum absolute atomic E-state index is 10.1. The van der Waals surface area contributed by atoms with Crippen LogP contribution < -0.4 is 10.6 Å². The van der Waals surface area contributed by atoms with Gasteiger partial charge in [-0.3, -0.25) is 0 Å². The highest BCUT2D eigenvalue weighted by molar-refractivity contribution is 7.80. The standard InChI is InChI=1S/C14H21N3OS/c1-10-8-11(13(15)19)9-12(16-10)17-6-3-4-14(2,18)5-7-17/h8-9,18H,3-7H2,1-2H3,(H2,15,19). The van der Waals surface area contributed by atoms with Crippen LogP contribution in [0.4, 0.5) is 5.82 Å².